The molecule has 0 radical (unpaired) electrons. The molecule has 0 bridgehead atoms. The van der Waals surface area contributed by atoms with E-state index in [4.69, 9.17) is 0 Å². The van der Waals surface area contributed by atoms with E-state index < -0.39 is 0 Å². The lowest BCUT2D eigenvalue weighted by atomic mass is 9.94. The number of aryl methyl sites for hydroxylation is 1. The zero-order valence-electron chi connectivity index (χ0n) is 15.4. The molecule has 6 heteroatoms. The molecule has 3 aromatic rings. The number of fused-ring (bicyclic) bond motifs is 2. The molecule has 2 amide bonds. The molecule has 1 unspecified atom stereocenters. The van der Waals surface area contributed by atoms with E-state index in [0.717, 1.165) is 35.7 Å². The summed E-state index contributed by atoms with van der Waals surface area (Å²) in [5, 5.41) is 2.99. The van der Waals surface area contributed by atoms with E-state index in [1.54, 1.807) is 4.90 Å². The third kappa shape index (κ3) is 2.81. The predicted octanol–water partition coefficient (Wildman–Crippen LogP) is 4.15. The Morgan fingerprint density at radius 2 is 2.15 bits per heavy atom. The number of hydrogen-bond acceptors (Lipinski definition) is 3. The summed E-state index contributed by atoms with van der Waals surface area (Å²) in [4.78, 5) is 23.4. The minimum absolute atomic E-state index is 0.145. The van der Waals surface area contributed by atoms with Crippen LogP contribution in [-0.4, -0.2) is 26.9 Å². The van der Waals surface area contributed by atoms with Crippen LogP contribution in [0.3, 0.4) is 0 Å². The third-order valence-electron chi connectivity index (χ3n) is 5.12. The lowest BCUT2D eigenvalue weighted by molar-refractivity contribution is 0.257. The van der Waals surface area contributed by atoms with Crippen molar-refractivity contribution in [3.05, 3.63) is 53.6 Å². The molecule has 3 aromatic heterocycles. The number of carbonyl (C=O) groups is 1. The van der Waals surface area contributed by atoms with Crippen LogP contribution in [-0.2, 0) is 6.42 Å². The highest BCUT2D eigenvalue weighted by atomic mass is 16.2. The first-order chi connectivity index (χ1) is 12.6. The smallest absolute Gasteiger partial charge is 0.306 e. The largest absolute Gasteiger partial charge is 0.327 e. The van der Waals surface area contributed by atoms with Gasteiger partial charge in [-0.1, -0.05) is 13.8 Å². The number of nitrogens with one attached hydrogen (secondary N) is 1. The average molecular weight is 349 g/mol. The van der Waals surface area contributed by atoms with Crippen LogP contribution in [0, 0.1) is 6.92 Å². The van der Waals surface area contributed by atoms with Crippen LogP contribution >= 0.6 is 0 Å². The van der Waals surface area contributed by atoms with Gasteiger partial charge in [-0.05, 0) is 49.4 Å². The molecule has 0 aliphatic carbocycles. The summed E-state index contributed by atoms with van der Waals surface area (Å²) in [6, 6.07) is 5.72. The highest BCUT2D eigenvalue weighted by Gasteiger charge is 2.29. The Morgan fingerprint density at radius 3 is 2.96 bits per heavy atom. The molecule has 0 fully saturated rings. The van der Waals surface area contributed by atoms with Gasteiger partial charge in [0.2, 0.25) is 0 Å². The van der Waals surface area contributed by atoms with Crippen molar-refractivity contribution in [1.82, 2.24) is 14.4 Å². The number of hydrogen-bond donors (Lipinski definition) is 1. The fourth-order valence-electron chi connectivity index (χ4n) is 3.58. The molecule has 1 aliphatic heterocycles. The van der Waals surface area contributed by atoms with Crippen LogP contribution in [0.2, 0.25) is 0 Å². The highest BCUT2D eigenvalue weighted by molar-refractivity contribution is 6.02. The van der Waals surface area contributed by atoms with Crippen LogP contribution in [0.25, 0.3) is 5.65 Å². The number of rotatable bonds is 3. The Kier molecular flexibility index (Phi) is 4.11. The average Bonchev–Trinajstić information content (AvgIpc) is 3.22. The molecule has 4 heterocycles. The van der Waals surface area contributed by atoms with Gasteiger partial charge in [0.05, 0.1) is 11.4 Å². The van der Waals surface area contributed by atoms with Crippen molar-refractivity contribution in [3.8, 4) is 0 Å². The number of imidazole rings is 1. The van der Waals surface area contributed by atoms with Crippen molar-refractivity contribution in [1.29, 1.82) is 0 Å². The summed E-state index contributed by atoms with van der Waals surface area (Å²) in [5.41, 5.74) is 5.07. The maximum absolute atomic E-state index is 12.8. The molecule has 0 saturated heterocycles. The van der Waals surface area contributed by atoms with Crippen molar-refractivity contribution in [2.75, 3.05) is 16.8 Å². The van der Waals surface area contributed by atoms with Gasteiger partial charge >= 0.3 is 6.03 Å². The van der Waals surface area contributed by atoms with Crippen molar-refractivity contribution in [3.63, 3.8) is 0 Å². The van der Waals surface area contributed by atoms with Gasteiger partial charge in [0.25, 0.3) is 0 Å². The minimum atomic E-state index is -0.145. The fourth-order valence-corrected chi connectivity index (χ4v) is 3.58. The third-order valence-corrected chi connectivity index (χ3v) is 5.12. The summed E-state index contributed by atoms with van der Waals surface area (Å²) in [7, 11) is 0. The number of nitrogens with zero attached hydrogens (tertiary/aromatic N) is 4. The predicted molar refractivity (Wildman–Crippen MR) is 103 cm³/mol. The molecule has 26 heavy (non-hydrogen) atoms. The van der Waals surface area contributed by atoms with E-state index in [-0.39, 0.29) is 6.03 Å². The maximum Gasteiger partial charge on any atom is 0.327 e. The normalized spacial score (nSPS) is 14.5. The van der Waals surface area contributed by atoms with Gasteiger partial charge in [-0.3, -0.25) is 4.90 Å². The van der Waals surface area contributed by atoms with Crippen LogP contribution in [0.4, 0.5) is 16.3 Å². The Balaban J connectivity index is 1.58. The van der Waals surface area contributed by atoms with Gasteiger partial charge in [0.15, 0.2) is 0 Å². The second-order valence-electron chi connectivity index (χ2n) is 6.91. The van der Waals surface area contributed by atoms with E-state index in [2.05, 4.69) is 35.2 Å². The van der Waals surface area contributed by atoms with E-state index in [1.807, 2.05) is 42.0 Å². The van der Waals surface area contributed by atoms with E-state index >= 15 is 0 Å². The number of pyridine rings is 2. The molecule has 1 aliphatic rings. The topological polar surface area (TPSA) is 62.5 Å². The van der Waals surface area contributed by atoms with Crippen molar-refractivity contribution in [2.24, 2.45) is 0 Å². The van der Waals surface area contributed by atoms with E-state index in [0.29, 0.717) is 12.5 Å². The molecule has 0 spiro atoms. The zero-order valence-corrected chi connectivity index (χ0v) is 15.4. The highest BCUT2D eigenvalue weighted by Crippen LogP contribution is 2.33. The van der Waals surface area contributed by atoms with E-state index in [9.17, 15) is 4.79 Å². The van der Waals surface area contributed by atoms with Gasteiger partial charge in [0, 0.05) is 30.7 Å². The number of carbonyl (C=O) groups excluding carboxylic acids is 1. The van der Waals surface area contributed by atoms with Crippen molar-refractivity contribution in [2.45, 2.75) is 39.5 Å². The number of aromatic nitrogens is 3. The SMILES string of the molecule is CCC(C)c1ccnc2c1CCN2C(=O)Nc1ccc2nc(C)cn2c1. The molecule has 1 N–H and O–H groups in total. The van der Waals surface area contributed by atoms with Crippen molar-refractivity contribution >= 4 is 23.2 Å². The van der Waals surface area contributed by atoms with E-state index in [1.165, 1.54) is 11.1 Å². The second kappa shape index (κ2) is 6.44. The minimum Gasteiger partial charge on any atom is -0.306 e. The molecule has 1 atom stereocenters. The quantitative estimate of drug-likeness (QED) is 0.773. The monoisotopic (exact) mass is 349 g/mol. The summed E-state index contributed by atoms with van der Waals surface area (Å²) in [6.07, 6.45) is 7.57. The first-order valence-corrected chi connectivity index (χ1v) is 9.08. The molecule has 0 saturated carbocycles. The van der Waals surface area contributed by atoms with Gasteiger partial charge in [-0.15, -0.1) is 0 Å². The lowest BCUT2D eigenvalue weighted by Crippen LogP contribution is -2.33. The fraction of sp³-hybridized carbons (Fsp3) is 0.350. The first-order valence-electron chi connectivity index (χ1n) is 9.08. The van der Waals surface area contributed by atoms with Gasteiger partial charge in [-0.25, -0.2) is 14.8 Å². The summed E-state index contributed by atoms with van der Waals surface area (Å²) in [5.74, 6) is 1.27. The second-order valence-corrected chi connectivity index (χ2v) is 6.91. The van der Waals surface area contributed by atoms with Gasteiger partial charge in [0.1, 0.15) is 11.5 Å². The Bertz CT molecular complexity index is 977. The summed E-state index contributed by atoms with van der Waals surface area (Å²) >= 11 is 0. The standard InChI is InChI=1S/C20H23N5O/c1-4-13(2)16-7-9-21-19-17(16)8-10-25(19)20(26)23-15-5-6-18-22-14(3)11-24(18)12-15/h5-7,9,11-13H,4,8,10H2,1-3H3,(H,23,26). The number of anilines is 2. The van der Waals surface area contributed by atoms with Crippen LogP contribution < -0.4 is 10.2 Å². The maximum atomic E-state index is 12.8. The number of urea groups is 1. The Morgan fingerprint density at radius 1 is 1.31 bits per heavy atom. The lowest BCUT2D eigenvalue weighted by Gasteiger charge is -2.18. The van der Waals surface area contributed by atoms with Crippen LogP contribution in [0.5, 0.6) is 0 Å². The molecule has 0 aromatic carbocycles. The summed E-state index contributed by atoms with van der Waals surface area (Å²) in [6.45, 7) is 7.02. The Labute approximate surface area is 152 Å². The van der Waals surface area contributed by atoms with Crippen molar-refractivity contribution < 1.29 is 4.79 Å². The molecule has 4 rings (SSSR count). The van der Waals surface area contributed by atoms with Gasteiger partial charge in [-0.2, -0.15) is 0 Å². The Hall–Kier alpha value is -2.89. The van der Waals surface area contributed by atoms with Gasteiger partial charge < -0.3 is 9.72 Å². The van der Waals surface area contributed by atoms with Crippen LogP contribution in [0.1, 0.15) is 43.0 Å². The molecule has 6 nitrogen and oxygen atoms in total. The molecular formula is C20H23N5O. The number of amides is 2. The molecule has 134 valence electrons. The zero-order chi connectivity index (χ0) is 18.3. The molecular weight excluding hydrogens is 326 g/mol. The van der Waals surface area contributed by atoms with Crippen LogP contribution in [0.15, 0.2) is 36.8 Å². The summed E-state index contributed by atoms with van der Waals surface area (Å²) < 4.78 is 1.92. The first kappa shape index (κ1) is 16.6.